The minimum Gasteiger partial charge on any atom is -0.465 e. The van der Waals surface area contributed by atoms with Crippen molar-refractivity contribution in [2.24, 2.45) is 0 Å². The van der Waals surface area contributed by atoms with Gasteiger partial charge in [0, 0.05) is 12.1 Å². The number of aromatic nitrogens is 1. The molecule has 2 aromatic rings. The Morgan fingerprint density at radius 1 is 1.29 bits per heavy atom. The number of pyridine rings is 1. The molecule has 1 heterocycles. The number of carbonyl (C=O) groups excluding carboxylic acids is 1. The van der Waals surface area contributed by atoms with Crippen LogP contribution < -0.4 is 5.32 Å². The molecule has 1 aromatic carbocycles. The first-order valence-electron chi connectivity index (χ1n) is 6.34. The van der Waals surface area contributed by atoms with Gasteiger partial charge in [0.2, 0.25) is 0 Å². The summed E-state index contributed by atoms with van der Waals surface area (Å²) in [5, 5.41) is 2.99. The second-order valence-corrected chi connectivity index (χ2v) is 4.27. The lowest BCUT2D eigenvalue weighted by molar-refractivity contribution is 0.0601. The molecular formula is C15H14F2N2O2. The van der Waals surface area contributed by atoms with Crippen LogP contribution in [-0.2, 0) is 4.74 Å². The third kappa shape index (κ3) is 3.16. The Bertz CT molecular complexity index is 675. The van der Waals surface area contributed by atoms with Crippen molar-refractivity contribution in [1.29, 1.82) is 0 Å². The van der Waals surface area contributed by atoms with E-state index in [9.17, 15) is 13.6 Å². The second kappa shape index (κ2) is 6.30. The lowest BCUT2D eigenvalue weighted by atomic mass is 10.1. The van der Waals surface area contributed by atoms with Crippen LogP contribution in [0, 0.1) is 11.6 Å². The van der Waals surface area contributed by atoms with E-state index in [4.69, 9.17) is 4.74 Å². The maximum absolute atomic E-state index is 13.3. The molecule has 0 fully saturated rings. The Morgan fingerprint density at radius 2 is 2.05 bits per heavy atom. The SMILES string of the molecule is CCNc1cnc(-c2ccc(F)c(F)c2)cc1C(=O)OC. The van der Waals surface area contributed by atoms with E-state index in [0.29, 0.717) is 23.5 Å². The number of halogens is 2. The van der Waals surface area contributed by atoms with Crippen molar-refractivity contribution in [3.05, 3.63) is 47.7 Å². The number of nitrogens with one attached hydrogen (secondary N) is 1. The lowest BCUT2D eigenvalue weighted by Gasteiger charge is -2.10. The fourth-order valence-electron chi connectivity index (χ4n) is 1.88. The van der Waals surface area contributed by atoms with Gasteiger partial charge in [-0.25, -0.2) is 13.6 Å². The van der Waals surface area contributed by atoms with Gasteiger partial charge in [0.1, 0.15) is 0 Å². The highest BCUT2D eigenvalue weighted by molar-refractivity contribution is 5.96. The number of hydrogen-bond acceptors (Lipinski definition) is 4. The summed E-state index contributed by atoms with van der Waals surface area (Å²) < 4.78 is 31.0. The van der Waals surface area contributed by atoms with Crippen LogP contribution in [0.4, 0.5) is 14.5 Å². The normalized spacial score (nSPS) is 10.3. The predicted octanol–water partition coefficient (Wildman–Crippen LogP) is 3.25. The Morgan fingerprint density at radius 3 is 2.67 bits per heavy atom. The minimum absolute atomic E-state index is 0.286. The van der Waals surface area contributed by atoms with E-state index in [2.05, 4.69) is 10.3 Å². The molecule has 1 N–H and O–H groups in total. The van der Waals surface area contributed by atoms with Crippen molar-refractivity contribution in [3.8, 4) is 11.3 Å². The van der Waals surface area contributed by atoms with Crippen LogP contribution in [0.1, 0.15) is 17.3 Å². The minimum atomic E-state index is -0.968. The molecule has 0 saturated carbocycles. The summed E-state index contributed by atoms with van der Waals surface area (Å²) in [7, 11) is 1.27. The van der Waals surface area contributed by atoms with Crippen molar-refractivity contribution >= 4 is 11.7 Å². The number of rotatable bonds is 4. The van der Waals surface area contributed by atoms with Gasteiger partial charge in [-0.2, -0.15) is 0 Å². The molecule has 110 valence electrons. The fourth-order valence-corrected chi connectivity index (χ4v) is 1.88. The summed E-state index contributed by atoms with van der Waals surface area (Å²) in [5.74, 6) is -2.43. The molecule has 0 aliphatic heterocycles. The van der Waals surface area contributed by atoms with Gasteiger partial charge < -0.3 is 10.1 Å². The number of nitrogens with zero attached hydrogens (tertiary/aromatic N) is 1. The summed E-state index contributed by atoms with van der Waals surface area (Å²) in [5.41, 5.74) is 1.54. The molecule has 6 heteroatoms. The average molecular weight is 292 g/mol. The van der Waals surface area contributed by atoms with Crippen molar-refractivity contribution < 1.29 is 18.3 Å². The first kappa shape index (κ1) is 14.9. The number of carbonyl (C=O) groups is 1. The van der Waals surface area contributed by atoms with Crippen LogP contribution in [-0.4, -0.2) is 24.6 Å². The Balaban J connectivity index is 2.50. The van der Waals surface area contributed by atoms with Crippen molar-refractivity contribution in [2.75, 3.05) is 19.0 Å². The Kier molecular flexibility index (Phi) is 4.47. The van der Waals surface area contributed by atoms with E-state index in [1.54, 1.807) is 0 Å². The van der Waals surface area contributed by atoms with Crippen LogP contribution in [0.3, 0.4) is 0 Å². The van der Waals surface area contributed by atoms with Gasteiger partial charge in [0.05, 0.1) is 30.3 Å². The van der Waals surface area contributed by atoms with Crippen LogP contribution in [0.25, 0.3) is 11.3 Å². The molecular weight excluding hydrogens is 278 g/mol. The van der Waals surface area contributed by atoms with E-state index in [1.165, 1.54) is 25.4 Å². The van der Waals surface area contributed by atoms with Gasteiger partial charge in [-0.3, -0.25) is 4.98 Å². The van der Waals surface area contributed by atoms with Crippen molar-refractivity contribution in [3.63, 3.8) is 0 Å². The summed E-state index contributed by atoms with van der Waals surface area (Å²) >= 11 is 0. The number of anilines is 1. The lowest BCUT2D eigenvalue weighted by Crippen LogP contribution is -2.09. The van der Waals surface area contributed by atoms with Gasteiger partial charge in [0.15, 0.2) is 11.6 Å². The first-order chi connectivity index (χ1) is 10.1. The van der Waals surface area contributed by atoms with E-state index < -0.39 is 17.6 Å². The average Bonchev–Trinajstić information content (AvgIpc) is 2.50. The van der Waals surface area contributed by atoms with Gasteiger partial charge in [-0.1, -0.05) is 0 Å². The summed E-state index contributed by atoms with van der Waals surface area (Å²) in [4.78, 5) is 15.9. The predicted molar refractivity (Wildman–Crippen MR) is 75.1 cm³/mol. The maximum atomic E-state index is 13.3. The monoisotopic (exact) mass is 292 g/mol. The van der Waals surface area contributed by atoms with Crippen LogP contribution in [0.5, 0.6) is 0 Å². The zero-order chi connectivity index (χ0) is 15.4. The highest BCUT2D eigenvalue weighted by Crippen LogP contribution is 2.24. The number of benzene rings is 1. The smallest absolute Gasteiger partial charge is 0.340 e. The van der Waals surface area contributed by atoms with Crippen molar-refractivity contribution in [2.45, 2.75) is 6.92 Å². The van der Waals surface area contributed by atoms with Crippen LogP contribution in [0.2, 0.25) is 0 Å². The quantitative estimate of drug-likeness (QED) is 0.879. The number of hydrogen-bond donors (Lipinski definition) is 1. The van der Waals surface area contributed by atoms with Gasteiger partial charge >= 0.3 is 5.97 Å². The molecule has 0 aliphatic rings. The summed E-state index contributed by atoms with van der Waals surface area (Å²) in [6, 6.07) is 4.93. The van der Waals surface area contributed by atoms with E-state index >= 15 is 0 Å². The molecule has 21 heavy (non-hydrogen) atoms. The third-order valence-electron chi connectivity index (χ3n) is 2.89. The number of methoxy groups -OCH3 is 1. The number of ether oxygens (including phenoxy) is 1. The molecule has 0 radical (unpaired) electrons. The molecule has 4 nitrogen and oxygen atoms in total. The Hall–Kier alpha value is -2.50. The zero-order valence-electron chi connectivity index (χ0n) is 11.6. The topological polar surface area (TPSA) is 51.2 Å². The van der Waals surface area contributed by atoms with Gasteiger partial charge in [-0.05, 0) is 31.2 Å². The summed E-state index contributed by atoms with van der Waals surface area (Å²) in [6.45, 7) is 2.49. The highest BCUT2D eigenvalue weighted by Gasteiger charge is 2.15. The molecule has 0 atom stereocenters. The molecule has 0 spiro atoms. The molecule has 1 aromatic heterocycles. The van der Waals surface area contributed by atoms with E-state index in [0.717, 1.165) is 12.1 Å². The van der Waals surface area contributed by atoms with Crippen molar-refractivity contribution in [1.82, 2.24) is 4.98 Å². The molecule has 0 saturated heterocycles. The van der Waals surface area contributed by atoms with Gasteiger partial charge in [0.25, 0.3) is 0 Å². The maximum Gasteiger partial charge on any atom is 0.340 e. The summed E-state index contributed by atoms with van der Waals surface area (Å²) in [6.07, 6.45) is 1.46. The molecule has 2 rings (SSSR count). The standard InChI is InChI=1S/C15H14F2N2O2/c1-3-18-14-8-19-13(7-10(14)15(20)21-2)9-4-5-11(16)12(17)6-9/h4-8,18H,3H2,1-2H3. The highest BCUT2D eigenvalue weighted by atomic mass is 19.2. The van der Waals surface area contributed by atoms with Crippen LogP contribution in [0.15, 0.2) is 30.5 Å². The first-order valence-corrected chi connectivity index (χ1v) is 6.34. The fraction of sp³-hybridized carbons (Fsp3) is 0.200. The van der Waals surface area contributed by atoms with Crippen LogP contribution >= 0.6 is 0 Å². The molecule has 0 unspecified atom stereocenters. The van der Waals surface area contributed by atoms with E-state index in [1.807, 2.05) is 6.92 Å². The number of esters is 1. The zero-order valence-corrected chi connectivity index (χ0v) is 11.6. The second-order valence-electron chi connectivity index (χ2n) is 4.27. The molecule has 0 aliphatic carbocycles. The van der Waals surface area contributed by atoms with Gasteiger partial charge in [-0.15, -0.1) is 0 Å². The largest absolute Gasteiger partial charge is 0.465 e. The molecule has 0 amide bonds. The Labute approximate surface area is 120 Å². The third-order valence-corrected chi connectivity index (χ3v) is 2.89. The van der Waals surface area contributed by atoms with E-state index in [-0.39, 0.29) is 5.56 Å². The molecule has 0 bridgehead atoms.